The highest BCUT2D eigenvalue weighted by Crippen LogP contribution is 2.30. The summed E-state index contributed by atoms with van der Waals surface area (Å²) in [5, 5.41) is 7.77. The Labute approximate surface area is 130 Å². The van der Waals surface area contributed by atoms with Crippen LogP contribution in [-0.2, 0) is 9.53 Å². The van der Waals surface area contributed by atoms with Gasteiger partial charge in [0.05, 0.1) is 6.04 Å². The molecule has 1 N–H and O–H groups in total. The largest absolute Gasteiger partial charge is 0.381 e. The number of nitrogens with one attached hydrogen (secondary N) is 1. The van der Waals surface area contributed by atoms with Crippen LogP contribution >= 0.6 is 11.3 Å². The molecule has 116 valence electrons. The van der Waals surface area contributed by atoms with E-state index in [1.165, 1.54) is 5.56 Å². The van der Waals surface area contributed by atoms with E-state index in [0.717, 1.165) is 45.4 Å². The lowest BCUT2D eigenvalue weighted by Gasteiger charge is -2.30. The lowest BCUT2D eigenvalue weighted by molar-refractivity contribution is -0.131. The molecule has 5 heteroatoms. The third-order valence-corrected chi connectivity index (χ3v) is 5.19. The molecule has 2 atom stereocenters. The maximum Gasteiger partial charge on any atom is 0.241 e. The van der Waals surface area contributed by atoms with Crippen molar-refractivity contribution < 1.29 is 9.53 Å². The first-order chi connectivity index (χ1) is 10.3. The molecule has 21 heavy (non-hydrogen) atoms. The SMILES string of the molecule is CCCC1NC(c2ccsc2)N(CC2CCOCC2)C1=O. The van der Waals surface area contributed by atoms with Crippen molar-refractivity contribution in [1.29, 1.82) is 0 Å². The van der Waals surface area contributed by atoms with Crippen LogP contribution in [-0.4, -0.2) is 36.6 Å². The van der Waals surface area contributed by atoms with Crippen molar-refractivity contribution in [2.45, 2.75) is 44.8 Å². The van der Waals surface area contributed by atoms with Crippen molar-refractivity contribution in [3.8, 4) is 0 Å². The topological polar surface area (TPSA) is 41.6 Å². The molecule has 2 aliphatic rings. The highest BCUT2D eigenvalue weighted by atomic mass is 32.1. The second-order valence-corrected chi connectivity index (χ2v) is 6.79. The standard InChI is InChI=1S/C16H24N2O2S/c1-2-3-14-16(19)18(10-12-4-7-20-8-5-12)15(17-14)13-6-9-21-11-13/h6,9,11-12,14-15,17H,2-5,7-8,10H2,1H3. The Hall–Kier alpha value is -0.910. The Bertz CT molecular complexity index is 457. The van der Waals surface area contributed by atoms with Gasteiger partial charge in [0.15, 0.2) is 0 Å². The Kier molecular flexibility index (Phi) is 4.93. The van der Waals surface area contributed by atoms with Gasteiger partial charge in [-0.2, -0.15) is 11.3 Å². The van der Waals surface area contributed by atoms with Gasteiger partial charge in [-0.3, -0.25) is 10.1 Å². The number of rotatable bonds is 5. The Morgan fingerprint density at radius 3 is 2.90 bits per heavy atom. The summed E-state index contributed by atoms with van der Waals surface area (Å²) in [6, 6.07) is 2.11. The normalized spacial score (nSPS) is 27.5. The zero-order chi connectivity index (χ0) is 14.7. The molecule has 2 fully saturated rings. The maximum absolute atomic E-state index is 12.7. The van der Waals surface area contributed by atoms with Crippen LogP contribution in [0.5, 0.6) is 0 Å². The first kappa shape index (κ1) is 15.0. The Morgan fingerprint density at radius 1 is 1.43 bits per heavy atom. The monoisotopic (exact) mass is 308 g/mol. The van der Waals surface area contributed by atoms with E-state index in [-0.39, 0.29) is 18.1 Å². The van der Waals surface area contributed by atoms with Crippen molar-refractivity contribution in [2.24, 2.45) is 5.92 Å². The predicted octanol–water partition coefficient (Wildman–Crippen LogP) is 2.77. The molecule has 0 aliphatic carbocycles. The van der Waals surface area contributed by atoms with Crippen molar-refractivity contribution in [2.75, 3.05) is 19.8 Å². The minimum Gasteiger partial charge on any atom is -0.381 e. The zero-order valence-electron chi connectivity index (χ0n) is 12.6. The molecule has 2 unspecified atom stereocenters. The molecule has 1 aromatic rings. The highest BCUT2D eigenvalue weighted by Gasteiger charge is 2.40. The van der Waals surface area contributed by atoms with Gasteiger partial charge in [0.25, 0.3) is 0 Å². The van der Waals surface area contributed by atoms with Gasteiger partial charge in [-0.25, -0.2) is 0 Å². The number of carbonyl (C=O) groups excluding carboxylic acids is 1. The lowest BCUT2D eigenvalue weighted by Crippen LogP contribution is -2.37. The summed E-state index contributed by atoms with van der Waals surface area (Å²) >= 11 is 1.69. The number of nitrogens with zero attached hydrogens (tertiary/aromatic N) is 1. The summed E-state index contributed by atoms with van der Waals surface area (Å²) in [5.74, 6) is 0.852. The smallest absolute Gasteiger partial charge is 0.241 e. The van der Waals surface area contributed by atoms with Crippen molar-refractivity contribution in [1.82, 2.24) is 10.2 Å². The Balaban J connectivity index is 1.74. The van der Waals surface area contributed by atoms with E-state index in [1.807, 2.05) is 0 Å². The van der Waals surface area contributed by atoms with Crippen LogP contribution in [0.2, 0.25) is 0 Å². The summed E-state index contributed by atoms with van der Waals surface area (Å²) in [7, 11) is 0. The summed E-state index contributed by atoms with van der Waals surface area (Å²) in [4.78, 5) is 14.8. The van der Waals surface area contributed by atoms with Crippen molar-refractivity contribution >= 4 is 17.2 Å². The van der Waals surface area contributed by atoms with Crippen LogP contribution in [0.1, 0.15) is 44.3 Å². The molecule has 0 aromatic carbocycles. The summed E-state index contributed by atoms with van der Waals surface area (Å²) in [6.07, 6.45) is 4.15. The number of hydrogen-bond acceptors (Lipinski definition) is 4. The fourth-order valence-electron chi connectivity index (χ4n) is 3.28. The summed E-state index contributed by atoms with van der Waals surface area (Å²) in [5.41, 5.74) is 1.22. The van der Waals surface area contributed by atoms with Gasteiger partial charge in [-0.05, 0) is 47.6 Å². The number of carbonyl (C=O) groups is 1. The number of amides is 1. The van der Waals surface area contributed by atoms with E-state index in [2.05, 4.69) is 34.0 Å². The average molecular weight is 308 g/mol. The second-order valence-electron chi connectivity index (χ2n) is 6.01. The van der Waals surface area contributed by atoms with Gasteiger partial charge in [0.1, 0.15) is 6.17 Å². The number of hydrogen-bond donors (Lipinski definition) is 1. The van der Waals surface area contributed by atoms with Crippen molar-refractivity contribution in [3.63, 3.8) is 0 Å². The molecular formula is C16H24N2O2S. The second kappa shape index (κ2) is 6.90. The van der Waals surface area contributed by atoms with Gasteiger partial charge in [-0.15, -0.1) is 0 Å². The molecule has 1 aromatic heterocycles. The highest BCUT2D eigenvalue weighted by molar-refractivity contribution is 7.07. The van der Waals surface area contributed by atoms with E-state index in [9.17, 15) is 4.79 Å². The van der Waals surface area contributed by atoms with Gasteiger partial charge in [0, 0.05) is 19.8 Å². The minimum absolute atomic E-state index is 0.0141. The molecule has 1 amide bonds. The van der Waals surface area contributed by atoms with Crippen LogP contribution in [0.25, 0.3) is 0 Å². The minimum atomic E-state index is -0.0141. The third-order valence-electron chi connectivity index (χ3n) is 4.48. The van der Waals surface area contributed by atoms with Crippen LogP contribution in [0, 0.1) is 5.92 Å². The lowest BCUT2D eigenvalue weighted by atomic mass is 9.99. The van der Waals surface area contributed by atoms with Crippen LogP contribution in [0.4, 0.5) is 0 Å². The molecule has 4 nitrogen and oxygen atoms in total. The predicted molar refractivity (Wildman–Crippen MR) is 84.1 cm³/mol. The molecule has 2 saturated heterocycles. The van der Waals surface area contributed by atoms with E-state index < -0.39 is 0 Å². The van der Waals surface area contributed by atoms with Crippen molar-refractivity contribution in [3.05, 3.63) is 22.4 Å². The zero-order valence-corrected chi connectivity index (χ0v) is 13.4. The van der Waals surface area contributed by atoms with E-state index in [1.54, 1.807) is 11.3 Å². The first-order valence-electron chi connectivity index (χ1n) is 7.96. The van der Waals surface area contributed by atoms with E-state index in [4.69, 9.17) is 4.74 Å². The van der Waals surface area contributed by atoms with E-state index >= 15 is 0 Å². The molecule has 3 heterocycles. The van der Waals surface area contributed by atoms with Gasteiger partial charge in [0.2, 0.25) is 5.91 Å². The molecule has 3 rings (SSSR count). The Morgan fingerprint density at radius 2 is 2.24 bits per heavy atom. The quantitative estimate of drug-likeness (QED) is 0.909. The van der Waals surface area contributed by atoms with Gasteiger partial charge in [-0.1, -0.05) is 13.3 Å². The first-order valence-corrected chi connectivity index (χ1v) is 8.90. The summed E-state index contributed by atoms with van der Waals surface area (Å²) < 4.78 is 5.43. The van der Waals surface area contributed by atoms with Crippen LogP contribution < -0.4 is 5.32 Å². The molecule has 2 aliphatic heterocycles. The third kappa shape index (κ3) is 3.30. The maximum atomic E-state index is 12.7. The van der Waals surface area contributed by atoms with Crippen LogP contribution in [0.3, 0.4) is 0 Å². The van der Waals surface area contributed by atoms with Gasteiger partial charge >= 0.3 is 0 Å². The molecule has 0 radical (unpaired) electrons. The molecule has 0 spiro atoms. The summed E-state index contributed by atoms with van der Waals surface area (Å²) in [6.45, 7) is 4.66. The van der Waals surface area contributed by atoms with Gasteiger partial charge < -0.3 is 9.64 Å². The molecule has 0 bridgehead atoms. The van der Waals surface area contributed by atoms with Crippen LogP contribution in [0.15, 0.2) is 16.8 Å². The fraction of sp³-hybridized carbons (Fsp3) is 0.688. The number of thiophene rings is 1. The fourth-order valence-corrected chi connectivity index (χ4v) is 3.96. The number of ether oxygens (including phenoxy) is 1. The average Bonchev–Trinajstić information content (AvgIpc) is 3.12. The molecular weight excluding hydrogens is 284 g/mol. The van der Waals surface area contributed by atoms with E-state index in [0.29, 0.717) is 5.92 Å². The molecule has 0 saturated carbocycles.